The van der Waals surface area contributed by atoms with Crippen LogP contribution in [0.15, 0.2) is 16.7 Å². The van der Waals surface area contributed by atoms with Gasteiger partial charge in [0.25, 0.3) is 0 Å². The molecule has 0 aromatic carbocycles. The van der Waals surface area contributed by atoms with Gasteiger partial charge in [-0.05, 0) is 48.4 Å². The van der Waals surface area contributed by atoms with Crippen LogP contribution in [0, 0.1) is 0 Å². The van der Waals surface area contributed by atoms with E-state index in [1.165, 1.54) is 12.8 Å². The summed E-state index contributed by atoms with van der Waals surface area (Å²) in [5.74, 6) is 0.659. The molecule has 0 spiro atoms. The molecule has 76 valence electrons. The molecule has 1 aliphatic heterocycles. The number of hydrogen-bond acceptors (Lipinski definition) is 3. The van der Waals surface area contributed by atoms with E-state index in [1.807, 2.05) is 0 Å². The Kier molecular flexibility index (Phi) is 2.74. The monoisotopic (exact) mass is 255 g/mol. The van der Waals surface area contributed by atoms with Gasteiger partial charge in [0.05, 0.1) is 0 Å². The highest BCUT2D eigenvalue weighted by Crippen LogP contribution is 2.33. The fourth-order valence-electron chi connectivity index (χ4n) is 2.04. The molecular formula is C10H14BrN3. The van der Waals surface area contributed by atoms with Gasteiger partial charge in [-0.3, -0.25) is 4.90 Å². The predicted octanol–water partition coefficient (Wildman–Crippen LogP) is 2.19. The molecule has 0 unspecified atom stereocenters. The number of nitrogen functional groups attached to an aromatic ring is 1. The van der Waals surface area contributed by atoms with Gasteiger partial charge in [-0.1, -0.05) is 0 Å². The lowest BCUT2D eigenvalue weighted by Gasteiger charge is -2.20. The molecule has 1 atom stereocenters. The minimum atomic E-state index is 0.444. The summed E-state index contributed by atoms with van der Waals surface area (Å²) in [7, 11) is 2.14. The summed E-state index contributed by atoms with van der Waals surface area (Å²) in [5, 5.41) is 0. The first-order valence-corrected chi connectivity index (χ1v) is 5.59. The largest absolute Gasteiger partial charge is 0.383 e. The smallest absolute Gasteiger partial charge is 0.128 e. The third-order valence-electron chi connectivity index (χ3n) is 2.80. The average Bonchev–Trinajstić information content (AvgIpc) is 2.56. The molecule has 4 heteroatoms. The Labute approximate surface area is 92.4 Å². The molecule has 0 radical (unpaired) electrons. The number of aromatic nitrogens is 1. The normalized spacial score (nSPS) is 22.9. The molecular weight excluding hydrogens is 242 g/mol. The molecule has 1 aliphatic rings. The van der Waals surface area contributed by atoms with E-state index >= 15 is 0 Å². The number of anilines is 1. The van der Waals surface area contributed by atoms with E-state index in [0.717, 1.165) is 16.6 Å². The Bertz CT molecular complexity index is 340. The third-order valence-corrected chi connectivity index (χ3v) is 3.23. The van der Waals surface area contributed by atoms with Crippen LogP contribution in [0.2, 0.25) is 0 Å². The lowest BCUT2D eigenvalue weighted by molar-refractivity contribution is 0.317. The van der Waals surface area contributed by atoms with Gasteiger partial charge in [0.1, 0.15) is 5.82 Å². The molecule has 1 aromatic rings. The molecule has 1 saturated heterocycles. The second-order valence-corrected chi connectivity index (χ2v) is 4.68. The fourth-order valence-corrected chi connectivity index (χ4v) is 2.38. The Morgan fingerprint density at radius 2 is 2.43 bits per heavy atom. The zero-order valence-electron chi connectivity index (χ0n) is 8.20. The Morgan fingerprint density at radius 3 is 3.07 bits per heavy atom. The predicted molar refractivity (Wildman–Crippen MR) is 61.0 cm³/mol. The number of pyridine rings is 1. The van der Waals surface area contributed by atoms with Crippen molar-refractivity contribution < 1.29 is 0 Å². The van der Waals surface area contributed by atoms with Crippen LogP contribution in [0.5, 0.6) is 0 Å². The second-order valence-electron chi connectivity index (χ2n) is 3.77. The highest BCUT2D eigenvalue weighted by Gasteiger charge is 2.24. The Balaban J connectivity index is 2.34. The molecule has 1 fully saturated rings. The van der Waals surface area contributed by atoms with Crippen LogP contribution in [0.4, 0.5) is 5.82 Å². The molecule has 2 rings (SSSR count). The summed E-state index contributed by atoms with van der Waals surface area (Å²) in [5.41, 5.74) is 7.03. The number of halogens is 1. The first-order valence-electron chi connectivity index (χ1n) is 4.79. The van der Waals surface area contributed by atoms with Gasteiger partial charge >= 0.3 is 0 Å². The van der Waals surface area contributed by atoms with Gasteiger partial charge in [0.15, 0.2) is 0 Å². The lowest BCUT2D eigenvalue weighted by atomic mass is 10.1. The van der Waals surface area contributed by atoms with Crippen molar-refractivity contribution in [1.29, 1.82) is 0 Å². The van der Waals surface area contributed by atoms with E-state index in [4.69, 9.17) is 5.73 Å². The molecule has 2 N–H and O–H groups in total. The van der Waals surface area contributed by atoms with Crippen LogP contribution in [0.1, 0.15) is 24.4 Å². The highest BCUT2D eigenvalue weighted by atomic mass is 79.9. The van der Waals surface area contributed by atoms with Crippen molar-refractivity contribution in [2.45, 2.75) is 18.9 Å². The van der Waals surface area contributed by atoms with Crippen molar-refractivity contribution in [3.63, 3.8) is 0 Å². The van der Waals surface area contributed by atoms with Crippen LogP contribution in [0.3, 0.4) is 0 Å². The lowest BCUT2D eigenvalue weighted by Crippen LogP contribution is -2.19. The molecule has 2 heterocycles. The maximum absolute atomic E-state index is 5.87. The van der Waals surface area contributed by atoms with Crippen molar-refractivity contribution in [3.8, 4) is 0 Å². The molecule has 14 heavy (non-hydrogen) atoms. The van der Waals surface area contributed by atoms with Gasteiger partial charge in [-0.25, -0.2) is 4.98 Å². The van der Waals surface area contributed by atoms with Crippen molar-refractivity contribution >= 4 is 21.7 Å². The van der Waals surface area contributed by atoms with Gasteiger partial charge in [0.2, 0.25) is 0 Å². The maximum atomic E-state index is 5.87. The van der Waals surface area contributed by atoms with E-state index < -0.39 is 0 Å². The fraction of sp³-hybridized carbons (Fsp3) is 0.500. The minimum absolute atomic E-state index is 0.444. The van der Waals surface area contributed by atoms with Gasteiger partial charge < -0.3 is 5.73 Å². The standard InChI is InChI=1S/C10H14BrN3/c1-14-4-2-3-9(14)8-5-7(11)6-13-10(8)12/h5-6,9H,2-4H2,1H3,(H2,12,13)/t9-/m1/s1. The van der Waals surface area contributed by atoms with E-state index in [9.17, 15) is 0 Å². The summed E-state index contributed by atoms with van der Waals surface area (Å²) < 4.78 is 1.00. The zero-order valence-corrected chi connectivity index (χ0v) is 9.79. The van der Waals surface area contributed by atoms with Crippen molar-refractivity contribution in [2.75, 3.05) is 19.3 Å². The average molecular weight is 256 g/mol. The number of likely N-dealkylation sites (tertiary alicyclic amines) is 1. The number of nitrogens with two attached hydrogens (primary N) is 1. The van der Waals surface area contributed by atoms with Gasteiger partial charge in [0, 0.05) is 22.3 Å². The van der Waals surface area contributed by atoms with Crippen LogP contribution in [0.25, 0.3) is 0 Å². The first kappa shape index (κ1) is 9.93. The molecule has 0 bridgehead atoms. The van der Waals surface area contributed by atoms with E-state index in [1.54, 1.807) is 6.20 Å². The Hall–Kier alpha value is -0.610. The number of hydrogen-bond donors (Lipinski definition) is 1. The topological polar surface area (TPSA) is 42.2 Å². The van der Waals surface area contributed by atoms with Crippen molar-refractivity contribution in [3.05, 3.63) is 22.3 Å². The molecule has 0 aliphatic carbocycles. The van der Waals surface area contributed by atoms with Crippen LogP contribution < -0.4 is 5.73 Å². The summed E-state index contributed by atoms with van der Waals surface area (Å²) >= 11 is 3.43. The summed E-state index contributed by atoms with van der Waals surface area (Å²) in [6, 6.07) is 2.52. The summed E-state index contributed by atoms with van der Waals surface area (Å²) in [6.07, 6.45) is 4.17. The summed E-state index contributed by atoms with van der Waals surface area (Å²) in [4.78, 5) is 6.50. The van der Waals surface area contributed by atoms with Crippen molar-refractivity contribution in [1.82, 2.24) is 9.88 Å². The molecule has 1 aromatic heterocycles. The highest BCUT2D eigenvalue weighted by molar-refractivity contribution is 9.10. The first-order chi connectivity index (χ1) is 6.68. The zero-order chi connectivity index (χ0) is 10.1. The molecule has 0 saturated carbocycles. The van der Waals surface area contributed by atoms with Crippen LogP contribution in [-0.4, -0.2) is 23.5 Å². The van der Waals surface area contributed by atoms with Crippen LogP contribution >= 0.6 is 15.9 Å². The quantitative estimate of drug-likeness (QED) is 0.837. The number of rotatable bonds is 1. The Morgan fingerprint density at radius 1 is 1.64 bits per heavy atom. The third kappa shape index (κ3) is 1.77. The molecule has 0 amide bonds. The maximum Gasteiger partial charge on any atom is 0.128 e. The van der Waals surface area contributed by atoms with Crippen LogP contribution in [-0.2, 0) is 0 Å². The van der Waals surface area contributed by atoms with E-state index in [0.29, 0.717) is 11.9 Å². The minimum Gasteiger partial charge on any atom is -0.383 e. The second kappa shape index (κ2) is 3.87. The SMILES string of the molecule is CN1CCC[C@@H]1c1cc(Br)cnc1N. The van der Waals surface area contributed by atoms with E-state index in [2.05, 4.69) is 38.9 Å². The number of nitrogens with zero attached hydrogens (tertiary/aromatic N) is 2. The van der Waals surface area contributed by atoms with E-state index in [-0.39, 0.29) is 0 Å². The van der Waals surface area contributed by atoms with Gasteiger partial charge in [-0.2, -0.15) is 0 Å². The molecule has 3 nitrogen and oxygen atoms in total. The summed E-state index contributed by atoms with van der Waals surface area (Å²) in [6.45, 7) is 1.15. The van der Waals surface area contributed by atoms with Gasteiger partial charge in [-0.15, -0.1) is 0 Å². The van der Waals surface area contributed by atoms with Crippen molar-refractivity contribution in [2.24, 2.45) is 0 Å².